The van der Waals surface area contributed by atoms with E-state index in [1.165, 1.54) is 12.1 Å². The SMILES string of the molecule is O=Cc1nc2ccc(Cl)cc2c2c([N+](=O)[O-])cccc12. The Morgan fingerprint density at radius 3 is 2.70 bits per heavy atom. The van der Waals surface area contributed by atoms with Crippen molar-refractivity contribution >= 4 is 45.2 Å². The highest BCUT2D eigenvalue weighted by Crippen LogP contribution is 2.34. The van der Waals surface area contributed by atoms with Gasteiger partial charge in [-0.15, -0.1) is 0 Å². The number of halogens is 1. The molecule has 2 aromatic carbocycles. The van der Waals surface area contributed by atoms with Crippen LogP contribution in [0.5, 0.6) is 0 Å². The van der Waals surface area contributed by atoms with Crippen LogP contribution in [0.4, 0.5) is 5.69 Å². The maximum atomic E-state index is 11.2. The molecule has 5 nitrogen and oxygen atoms in total. The fourth-order valence-electron chi connectivity index (χ4n) is 2.27. The molecule has 0 aliphatic heterocycles. The molecular weight excluding hydrogens is 280 g/mol. The third kappa shape index (κ3) is 1.80. The molecule has 0 saturated heterocycles. The molecule has 1 aromatic heterocycles. The van der Waals surface area contributed by atoms with E-state index in [0.717, 1.165) is 0 Å². The van der Waals surface area contributed by atoms with Crippen LogP contribution in [0.1, 0.15) is 10.5 Å². The number of benzene rings is 2. The number of nitro benzene ring substituents is 1. The van der Waals surface area contributed by atoms with Gasteiger partial charge < -0.3 is 0 Å². The molecule has 0 radical (unpaired) electrons. The topological polar surface area (TPSA) is 73.1 Å². The van der Waals surface area contributed by atoms with Gasteiger partial charge in [0.15, 0.2) is 6.29 Å². The molecular formula is C14H7ClN2O3. The lowest BCUT2D eigenvalue weighted by molar-refractivity contribution is -0.383. The Morgan fingerprint density at radius 1 is 1.20 bits per heavy atom. The molecule has 3 aromatic rings. The summed E-state index contributed by atoms with van der Waals surface area (Å²) in [6, 6.07) is 9.46. The van der Waals surface area contributed by atoms with Crippen LogP contribution in [-0.2, 0) is 0 Å². The van der Waals surface area contributed by atoms with Crippen molar-refractivity contribution in [1.29, 1.82) is 0 Å². The maximum absolute atomic E-state index is 11.2. The van der Waals surface area contributed by atoms with Crippen molar-refractivity contribution in [3.05, 3.63) is 57.2 Å². The average molecular weight is 287 g/mol. The summed E-state index contributed by atoms with van der Waals surface area (Å²) in [7, 11) is 0. The molecule has 0 bridgehead atoms. The number of rotatable bonds is 2. The number of nitro groups is 1. The van der Waals surface area contributed by atoms with Gasteiger partial charge in [0, 0.05) is 21.9 Å². The van der Waals surface area contributed by atoms with E-state index in [9.17, 15) is 14.9 Å². The van der Waals surface area contributed by atoms with E-state index in [2.05, 4.69) is 4.98 Å². The highest BCUT2D eigenvalue weighted by molar-refractivity contribution is 6.32. The normalized spacial score (nSPS) is 10.8. The molecule has 0 aliphatic rings. The first-order valence-corrected chi connectivity index (χ1v) is 6.11. The van der Waals surface area contributed by atoms with Crippen LogP contribution in [0.25, 0.3) is 21.7 Å². The highest BCUT2D eigenvalue weighted by Gasteiger charge is 2.17. The number of hydrogen-bond acceptors (Lipinski definition) is 4. The second kappa shape index (κ2) is 4.54. The number of aldehydes is 1. The third-order valence-corrected chi connectivity index (χ3v) is 3.33. The smallest absolute Gasteiger partial charge is 0.277 e. The van der Waals surface area contributed by atoms with Gasteiger partial charge in [-0.05, 0) is 18.2 Å². The second-order valence-electron chi connectivity index (χ2n) is 4.23. The van der Waals surface area contributed by atoms with Crippen molar-refractivity contribution in [3.63, 3.8) is 0 Å². The van der Waals surface area contributed by atoms with Crippen molar-refractivity contribution in [2.24, 2.45) is 0 Å². The summed E-state index contributed by atoms with van der Waals surface area (Å²) in [5.74, 6) is 0. The second-order valence-corrected chi connectivity index (χ2v) is 4.67. The van der Waals surface area contributed by atoms with E-state index in [1.807, 2.05) is 0 Å². The molecule has 0 atom stereocenters. The number of carbonyl (C=O) groups is 1. The van der Waals surface area contributed by atoms with E-state index >= 15 is 0 Å². The lowest BCUT2D eigenvalue weighted by Gasteiger charge is -2.06. The van der Waals surface area contributed by atoms with Crippen molar-refractivity contribution in [3.8, 4) is 0 Å². The Balaban J connectivity index is 2.64. The molecule has 0 N–H and O–H groups in total. The zero-order chi connectivity index (χ0) is 14.3. The zero-order valence-corrected chi connectivity index (χ0v) is 10.8. The fourth-order valence-corrected chi connectivity index (χ4v) is 2.45. The quantitative estimate of drug-likeness (QED) is 0.311. The summed E-state index contributed by atoms with van der Waals surface area (Å²) in [6.45, 7) is 0. The lowest BCUT2D eigenvalue weighted by atomic mass is 10.0. The van der Waals surface area contributed by atoms with Crippen molar-refractivity contribution < 1.29 is 9.72 Å². The van der Waals surface area contributed by atoms with Crippen LogP contribution in [-0.4, -0.2) is 16.2 Å². The van der Waals surface area contributed by atoms with Crippen LogP contribution in [0.15, 0.2) is 36.4 Å². The number of nitrogens with zero attached hydrogens (tertiary/aromatic N) is 2. The van der Waals surface area contributed by atoms with Crippen LogP contribution >= 0.6 is 11.6 Å². The zero-order valence-electron chi connectivity index (χ0n) is 10.0. The molecule has 6 heteroatoms. The Bertz CT molecular complexity index is 877. The maximum Gasteiger partial charge on any atom is 0.277 e. The van der Waals surface area contributed by atoms with E-state index < -0.39 is 4.92 Å². The Morgan fingerprint density at radius 2 is 2.00 bits per heavy atom. The molecule has 0 amide bonds. The summed E-state index contributed by atoms with van der Waals surface area (Å²) < 4.78 is 0. The molecule has 20 heavy (non-hydrogen) atoms. The highest BCUT2D eigenvalue weighted by atomic mass is 35.5. The van der Waals surface area contributed by atoms with Crippen LogP contribution in [0, 0.1) is 10.1 Å². The van der Waals surface area contributed by atoms with Gasteiger partial charge in [-0.3, -0.25) is 14.9 Å². The van der Waals surface area contributed by atoms with Gasteiger partial charge in [0.25, 0.3) is 5.69 Å². The molecule has 3 rings (SSSR count). The summed E-state index contributed by atoms with van der Waals surface area (Å²) in [4.78, 5) is 26.1. The van der Waals surface area contributed by atoms with E-state index in [-0.39, 0.29) is 11.4 Å². The first-order chi connectivity index (χ1) is 9.61. The number of aromatic nitrogens is 1. The van der Waals surface area contributed by atoms with Crippen LogP contribution in [0.2, 0.25) is 5.02 Å². The Hall–Kier alpha value is -2.53. The van der Waals surface area contributed by atoms with Crippen molar-refractivity contribution in [2.45, 2.75) is 0 Å². The summed E-state index contributed by atoms with van der Waals surface area (Å²) in [5.41, 5.74) is 0.608. The van der Waals surface area contributed by atoms with E-state index in [0.29, 0.717) is 33.0 Å². The minimum Gasteiger partial charge on any atom is -0.296 e. The standard InChI is InChI=1S/C14H7ClN2O3/c15-8-4-5-11-10(6-8)14-9(12(7-18)16-11)2-1-3-13(14)17(19)20/h1-7H. The van der Waals surface area contributed by atoms with Crippen molar-refractivity contribution in [2.75, 3.05) is 0 Å². The largest absolute Gasteiger partial charge is 0.296 e. The lowest BCUT2D eigenvalue weighted by Crippen LogP contribution is -1.96. The van der Waals surface area contributed by atoms with Gasteiger partial charge in [0.2, 0.25) is 0 Å². The number of fused-ring (bicyclic) bond motifs is 3. The molecule has 0 fully saturated rings. The monoisotopic (exact) mass is 286 g/mol. The fraction of sp³-hybridized carbons (Fsp3) is 0. The van der Waals surface area contributed by atoms with Gasteiger partial charge in [-0.25, -0.2) is 4.98 Å². The van der Waals surface area contributed by atoms with Gasteiger partial charge >= 0.3 is 0 Å². The van der Waals surface area contributed by atoms with Crippen molar-refractivity contribution in [1.82, 2.24) is 4.98 Å². The Kier molecular flexibility index (Phi) is 2.84. The van der Waals surface area contributed by atoms with Crippen LogP contribution in [0.3, 0.4) is 0 Å². The number of carbonyl (C=O) groups excluding carboxylic acids is 1. The number of pyridine rings is 1. The summed E-state index contributed by atoms with van der Waals surface area (Å²) >= 11 is 5.96. The molecule has 0 saturated carbocycles. The minimum absolute atomic E-state index is 0.0692. The van der Waals surface area contributed by atoms with E-state index in [1.54, 1.807) is 24.3 Å². The first kappa shape index (κ1) is 12.5. The molecule has 0 spiro atoms. The summed E-state index contributed by atoms with van der Waals surface area (Å²) in [6.07, 6.45) is 0.597. The first-order valence-electron chi connectivity index (χ1n) is 5.73. The average Bonchev–Trinajstić information content (AvgIpc) is 2.45. The van der Waals surface area contributed by atoms with Gasteiger partial charge in [-0.2, -0.15) is 0 Å². The molecule has 1 heterocycles. The summed E-state index contributed by atoms with van der Waals surface area (Å²) in [5, 5.41) is 13.1. The third-order valence-electron chi connectivity index (χ3n) is 3.10. The molecule has 98 valence electrons. The predicted molar refractivity (Wildman–Crippen MR) is 76.3 cm³/mol. The predicted octanol–water partition coefficient (Wildman–Crippen LogP) is 3.76. The van der Waals surface area contributed by atoms with E-state index in [4.69, 9.17) is 11.6 Å². The van der Waals surface area contributed by atoms with Gasteiger partial charge in [0.05, 0.1) is 15.8 Å². The molecule has 0 unspecified atom stereocenters. The number of hydrogen-bond donors (Lipinski definition) is 0. The number of non-ortho nitro benzene ring substituents is 1. The van der Waals surface area contributed by atoms with Crippen LogP contribution < -0.4 is 0 Å². The molecule has 0 aliphatic carbocycles. The Labute approximate surface area is 117 Å². The van der Waals surface area contributed by atoms with Gasteiger partial charge in [0.1, 0.15) is 5.69 Å². The minimum atomic E-state index is -0.475. The van der Waals surface area contributed by atoms with Gasteiger partial charge in [-0.1, -0.05) is 23.7 Å².